The van der Waals surface area contributed by atoms with Gasteiger partial charge in [-0.15, -0.1) is 0 Å². The molecule has 2 unspecified atom stereocenters. The van der Waals surface area contributed by atoms with Crippen LogP contribution in [0.2, 0.25) is 0 Å². The van der Waals surface area contributed by atoms with E-state index >= 15 is 0 Å². The molecule has 4 nitrogen and oxygen atoms in total. The number of nitrogens with one attached hydrogen (secondary N) is 1. The fourth-order valence-corrected chi connectivity index (χ4v) is 2.83. The van der Waals surface area contributed by atoms with E-state index < -0.39 is 0 Å². The van der Waals surface area contributed by atoms with Crippen molar-refractivity contribution >= 4 is 17.2 Å². The van der Waals surface area contributed by atoms with Crippen molar-refractivity contribution in [2.75, 3.05) is 20.3 Å². The fourth-order valence-electron chi connectivity index (χ4n) is 2.15. The first-order chi connectivity index (χ1) is 8.24. The molecule has 5 heteroatoms. The zero-order chi connectivity index (χ0) is 12.3. The van der Waals surface area contributed by atoms with Gasteiger partial charge in [-0.3, -0.25) is 10.1 Å². The summed E-state index contributed by atoms with van der Waals surface area (Å²) in [7, 11) is 1.69. The van der Waals surface area contributed by atoms with E-state index in [-0.39, 0.29) is 18.1 Å². The average molecular weight is 254 g/mol. The lowest BCUT2D eigenvalue weighted by molar-refractivity contribution is -0.130. The quantitative estimate of drug-likeness (QED) is 0.868. The van der Waals surface area contributed by atoms with Crippen LogP contribution in [0.1, 0.15) is 25.1 Å². The Morgan fingerprint density at radius 3 is 3.18 bits per heavy atom. The summed E-state index contributed by atoms with van der Waals surface area (Å²) in [5, 5.41) is 7.39. The highest BCUT2D eigenvalue weighted by Crippen LogP contribution is 2.27. The molecule has 2 atom stereocenters. The first-order valence-electron chi connectivity index (χ1n) is 5.79. The second kappa shape index (κ2) is 5.62. The van der Waals surface area contributed by atoms with Gasteiger partial charge >= 0.3 is 0 Å². The van der Waals surface area contributed by atoms with E-state index in [1.54, 1.807) is 18.4 Å². The van der Waals surface area contributed by atoms with Crippen molar-refractivity contribution in [1.82, 2.24) is 10.2 Å². The van der Waals surface area contributed by atoms with E-state index in [0.717, 1.165) is 6.42 Å². The van der Waals surface area contributed by atoms with Crippen LogP contribution < -0.4 is 5.32 Å². The molecule has 1 N–H and O–H groups in total. The summed E-state index contributed by atoms with van der Waals surface area (Å²) in [4.78, 5) is 13.8. The highest BCUT2D eigenvalue weighted by molar-refractivity contribution is 7.07. The Bertz CT molecular complexity index is 367. The topological polar surface area (TPSA) is 41.6 Å². The molecular formula is C12H18N2O2S. The Kier molecular flexibility index (Phi) is 4.15. The van der Waals surface area contributed by atoms with Gasteiger partial charge in [0.25, 0.3) is 0 Å². The standard InChI is InChI=1S/C12H18N2O2S/c1-9(3-5-16-2)14-11(15)7-13-12(14)10-4-6-17-8-10/h4,6,8-9,12-13H,3,5,7H2,1-2H3. The first kappa shape index (κ1) is 12.5. The highest BCUT2D eigenvalue weighted by atomic mass is 32.1. The lowest BCUT2D eigenvalue weighted by atomic mass is 10.1. The molecule has 17 heavy (non-hydrogen) atoms. The van der Waals surface area contributed by atoms with Gasteiger partial charge in [-0.05, 0) is 35.7 Å². The average Bonchev–Trinajstić information content (AvgIpc) is 2.94. The van der Waals surface area contributed by atoms with E-state index in [1.807, 2.05) is 10.3 Å². The van der Waals surface area contributed by atoms with Crippen LogP contribution in [0.4, 0.5) is 0 Å². The molecule has 94 valence electrons. The number of hydrogen-bond donors (Lipinski definition) is 1. The third-order valence-corrected chi connectivity index (χ3v) is 3.79. The summed E-state index contributed by atoms with van der Waals surface area (Å²) in [5.41, 5.74) is 1.17. The van der Waals surface area contributed by atoms with Crippen molar-refractivity contribution in [3.8, 4) is 0 Å². The van der Waals surface area contributed by atoms with Crippen LogP contribution in [0.15, 0.2) is 16.8 Å². The van der Waals surface area contributed by atoms with Crippen molar-refractivity contribution in [2.45, 2.75) is 25.6 Å². The molecule has 0 bridgehead atoms. The molecular weight excluding hydrogens is 236 g/mol. The third-order valence-electron chi connectivity index (χ3n) is 3.09. The fraction of sp³-hybridized carbons (Fsp3) is 0.583. The van der Waals surface area contributed by atoms with Crippen molar-refractivity contribution in [3.63, 3.8) is 0 Å². The van der Waals surface area contributed by atoms with Gasteiger partial charge in [0.2, 0.25) is 5.91 Å². The van der Waals surface area contributed by atoms with E-state index in [9.17, 15) is 4.79 Å². The Morgan fingerprint density at radius 2 is 2.53 bits per heavy atom. The van der Waals surface area contributed by atoms with Gasteiger partial charge in [0.15, 0.2) is 0 Å². The van der Waals surface area contributed by atoms with Gasteiger partial charge in [-0.1, -0.05) is 0 Å². The molecule has 1 saturated heterocycles. The zero-order valence-electron chi connectivity index (χ0n) is 10.2. The summed E-state index contributed by atoms with van der Waals surface area (Å²) >= 11 is 1.66. The molecule has 2 heterocycles. The number of amides is 1. The van der Waals surface area contributed by atoms with Crippen molar-refractivity contribution in [2.24, 2.45) is 0 Å². The Balaban J connectivity index is 2.09. The summed E-state index contributed by atoms with van der Waals surface area (Å²) in [6.45, 7) is 3.18. The maximum atomic E-state index is 11.9. The van der Waals surface area contributed by atoms with Gasteiger partial charge in [0, 0.05) is 19.8 Å². The first-order valence-corrected chi connectivity index (χ1v) is 6.74. The molecule has 0 spiro atoms. The summed E-state index contributed by atoms with van der Waals surface area (Å²) < 4.78 is 5.08. The lowest BCUT2D eigenvalue weighted by Gasteiger charge is -2.30. The summed E-state index contributed by atoms with van der Waals surface area (Å²) in [6.07, 6.45) is 0.894. The van der Waals surface area contributed by atoms with Crippen LogP contribution in [0.25, 0.3) is 0 Å². The van der Waals surface area contributed by atoms with Crippen molar-refractivity contribution in [3.05, 3.63) is 22.4 Å². The van der Waals surface area contributed by atoms with E-state index in [2.05, 4.69) is 23.7 Å². The van der Waals surface area contributed by atoms with Gasteiger partial charge in [-0.2, -0.15) is 11.3 Å². The SMILES string of the molecule is COCCC(C)N1C(=O)CNC1c1ccsc1. The van der Waals surface area contributed by atoms with E-state index in [4.69, 9.17) is 4.74 Å². The molecule has 0 saturated carbocycles. The van der Waals surface area contributed by atoms with Gasteiger partial charge in [0.1, 0.15) is 6.17 Å². The minimum Gasteiger partial charge on any atom is -0.385 e. The molecule has 1 fully saturated rings. The molecule has 0 radical (unpaired) electrons. The third kappa shape index (κ3) is 2.68. The second-order valence-electron chi connectivity index (χ2n) is 4.27. The molecule has 0 aliphatic carbocycles. The maximum absolute atomic E-state index is 11.9. The van der Waals surface area contributed by atoms with E-state index in [1.165, 1.54) is 5.56 Å². The molecule has 1 aromatic rings. The van der Waals surface area contributed by atoms with Gasteiger partial charge in [-0.25, -0.2) is 0 Å². The normalized spacial score (nSPS) is 22.1. The molecule has 1 amide bonds. The molecule has 0 aromatic carbocycles. The van der Waals surface area contributed by atoms with Crippen LogP contribution >= 0.6 is 11.3 Å². The maximum Gasteiger partial charge on any atom is 0.238 e. The van der Waals surface area contributed by atoms with Gasteiger partial charge in [0.05, 0.1) is 6.54 Å². The van der Waals surface area contributed by atoms with Gasteiger partial charge < -0.3 is 9.64 Å². The van der Waals surface area contributed by atoms with Crippen LogP contribution in [0.5, 0.6) is 0 Å². The Labute approximate surface area is 106 Å². The predicted octanol–water partition coefficient (Wildman–Crippen LogP) is 1.60. The summed E-state index contributed by atoms with van der Waals surface area (Å²) in [5.74, 6) is 0.171. The smallest absolute Gasteiger partial charge is 0.238 e. The van der Waals surface area contributed by atoms with Crippen molar-refractivity contribution < 1.29 is 9.53 Å². The molecule has 1 aliphatic rings. The monoisotopic (exact) mass is 254 g/mol. The number of nitrogens with zero attached hydrogens (tertiary/aromatic N) is 1. The largest absolute Gasteiger partial charge is 0.385 e. The zero-order valence-corrected chi connectivity index (χ0v) is 11.0. The van der Waals surface area contributed by atoms with Crippen LogP contribution in [-0.4, -0.2) is 37.1 Å². The number of carbonyl (C=O) groups is 1. The number of hydrogen-bond acceptors (Lipinski definition) is 4. The number of methoxy groups -OCH3 is 1. The molecule has 1 aliphatic heterocycles. The number of thiophene rings is 1. The number of ether oxygens (including phenoxy) is 1. The minimum absolute atomic E-state index is 0.0283. The highest BCUT2D eigenvalue weighted by Gasteiger charge is 2.34. The Morgan fingerprint density at radius 1 is 1.71 bits per heavy atom. The van der Waals surface area contributed by atoms with Crippen molar-refractivity contribution in [1.29, 1.82) is 0 Å². The van der Waals surface area contributed by atoms with E-state index in [0.29, 0.717) is 13.2 Å². The minimum atomic E-state index is 0.0283. The molecule has 2 rings (SSSR count). The number of rotatable bonds is 5. The second-order valence-corrected chi connectivity index (χ2v) is 5.05. The lowest BCUT2D eigenvalue weighted by Crippen LogP contribution is -2.38. The Hall–Kier alpha value is -0.910. The number of carbonyl (C=O) groups excluding carboxylic acids is 1. The molecule has 1 aromatic heterocycles. The van der Waals surface area contributed by atoms with Crippen LogP contribution in [-0.2, 0) is 9.53 Å². The predicted molar refractivity (Wildman–Crippen MR) is 67.9 cm³/mol. The summed E-state index contributed by atoms with van der Waals surface area (Å²) in [6, 6.07) is 2.26. The van der Waals surface area contributed by atoms with Crippen LogP contribution in [0.3, 0.4) is 0 Å². The van der Waals surface area contributed by atoms with Crippen LogP contribution in [0, 0.1) is 0 Å².